The normalized spacial score (nSPS) is 10.0. The van der Waals surface area contributed by atoms with Gasteiger partial charge < -0.3 is 9.47 Å². The summed E-state index contributed by atoms with van der Waals surface area (Å²) in [7, 11) is 0. The van der Waals surface area contributed by atoms with Gasteiger partial charge in [0.05, 0.1) is 11.1 Å². The number of para-hydroxylation sites is 2. The number of carbonyl (C=O) groups excluding carboxylic acids is 2. The van der Waals surface area contributed by atoms with Crippen LogP contribution >= 0.6 is 0 Å². The number of pyridine rings is 2. The van der Waals surface area contributed by atoms with Crippen molar-refractivity contribution in [3.8, 4) is 11.5 Å². The summed E-state index contributed by atoms with van der Waals surface area (Å²) in [6.45, 7) is 0. The first-order valence-corrected chi connectivity index (χ1v) is 7.07. The molecule has 0 amide bonds. The summed E-state index contributed by atoms with van der Waals surface area (Å²) in [5.41, 5.74) is 0.695. The van der Waals surface area contributed by atoms with Gasteiger partial charge in [-0.3, -0.25) is 9.97 Å². The summed E-state index contributed by atoms with van der Waals surface area (Å²) in [6.07, 6.45) is 5.97. The van der Waals surface area contributed by atoms with Crippen LogP contribution in [0, 0.1) is 0 Å². The van der Waals surface area contributed by atoms with Gasteiger partial charge in [0.15, 0.2) is 11.5 Å². The van der Waals surface area contributed by atoms with Gasteiger partial charge in [0.2, 0.25) is 0 Å². The lowest BCUT2D eigenvalue weighted by Gasteiger charge is -2.10. The Hall–Kier alpha value is -3.54. The zero-order chi connectivity index (χ0) is 16.8. The Morgan fingerprint density at radius 3 is 1.38 bits per heavy atom. The molecule has 0 spiro atoms. The van der Waals surface area contributed by atoms with Crippen molar-refractivity contribution in [1.29, 1.82) is 0 Å². The van der Waals surface area contributed by atoms with Gasteiger partial charge in [-0.15, -0.1) is 0 Å². The Kier molecular flexibility index (Phi) is 4.57. The molecule has 0 radical (unpaired) electrons. The molecule has 24 heavy (non-hydrogen) atoms. The smallest absolute Gasteiger partial charge is 0.343 e. The molecule has 2 heterocycles. The second kappa shape index (κ2) is 7.15. The number of nitrogens with zero attached hydrogens (tertiary/aromatic N) is 2. The van der Waals surface area contributed by atoms with E-state index in [1.807, 2.05) is 0 Å². The Labute approximate surface area is 137 Å². The van der Waals surface area contributed by atoms with Crippen LogP contribution in [-0.2, 0) is 0 Å². The summed E-state index contributed by atoms with van der Waals surface area (Å²) >= 11 is 0. The topological polar surface area (TPSA) is 78.4 Å². The Balaban J connectivity index is 1.78. The molecule has 0 aliphatic carbocycles. The number of hydrogen-bond acceptors (Lipinski definition) is 6. The molecule has 0 N–H and O–H groups in total. The van der Waals surface area contributed by atoms with Gasteiger partial charge in [0.1, 0.15) is 0 Å². The van der Waals surface area contributed by atoms with E-state index in [0.29, 0.717) is 11.1 Å². The molecule has 0 atom stereocenters. The third-order valence-electron chi connectivity index (χ3n) is 3.09. The highest BCUT2D eigenvalue weighted by atomic mass is 16.6. The fourth-order valence-electron chi connectivity index (χ4n) is 1.91. The predicted molar refractivity (Wildman–Crippen MR) is 84.8 cm³/mol. The van der Waals surface area contributed by atoms with Crippen molar-refractivity contribution in [1.82, 2.24) is 9.97 Å². The third kappa shape index (κ3) is 3.61. The first-order chi connectivity index (χ1) is 11.7. The molecule has 1 aromatic carbocycles. The summed E-state index contributed by atoms with van der Waals surface area (Å²) < 4.78 is 10.6. The quantitative estimate of drug-likeness (QED) is 0.543. The van der Waals surface area contributed by atoms with Crippen LogP contribution in [0.15, 0.2) is 73.3 Å². The van der Waals surface area contributed by atoms with Gasteiger partial charge in [0, 0.05) is 24.8 Å². The Morgan fingerprint density at radius 2 is 1.00 bits per heavy atom. The fourth-order valence-corrected chi connectivity index (χ4v) is 1.91. The van der Waals surface area contributed by atoms with E-state index in [1.165, 1.54) is 49.1 Å². The Morgan fingerprint density at radius 1 is 0.625 bits per heavy atom. The molecule has 0 saturated heterocycles. The number of esters is 2. The average Bonchev–Trinajstić information content (AvgIpc) is 2.64. The summed E-state index contributed by atoms with van der Waals surface area (Å²) in [4.78, 5) is 31.9. The van der Waals surface area contributed by atoms with Gasteiger partial charge in [0.25, 0.3) is 0 Å². The molecule has 6 nitrogen and oxygen atoms in total. The minimum absolute atomic E-state index is 0.154. The maximum absolute atomic E-state index is 12.1. The summed E-state index contributed by atoms with van der Waals surface area (Å²) in [5, 5.41) is 0. The number of hydrogen-bond donors (Lipinski definition) is 0. The lowest BCUT2D eigenvalue weighted by molar-refractivity contribution is 0.0682. The van der Waals surface area contributed by atoms with E-state index in [9.17, 15) is 9.59 Å². The molecular formula is C18H12N2O4. The zero-order valence-corrected chi connectivity index (χ0v) is 12.5. The molecule has 0 fully saturated rings. The van der Waals surface area contributed by atoms with Crippen LogP contribution in [0.4, 0.5) is 0 Å². The molecule has 2 aromatic heterocycles. The number of rotatable bonds is 4. The van der Waals surface area contributed by atoms with Crippen LogP contribution in [0.1, 0.15) is 20.7 Å². The third-order valence-corrected chi connectivity index (χ3v) is 3.09. The van der Waals surface area contributed by atoms with Gasteiger partial charge in [-0.05, 0) is 36.4 Å². The van der Waals surface area contributed by atoms with Crippen molar-refractivity contribution >= 4 is 11.9 Å². The van der Waals surface area contributed by atoms with Crippen molar-refractivity contribution < 1.29 is 19.1 Å². The van der Waals surface area contributed by atoms with Crippen molar-refractivity contribution in [3.63, 3.8) is 0 Å². The highest BCUT2D eigenvalue weighted by Gasteiger charge is 2.15. The van der Waals surface area contributed by atoms with E-state index in [1.54, 1.807) is 24.3 Å². The van der Waals surface area contributed by atoms with E-state index in [0.717, 1.165) is 0 Å². The van der Waals surface area contributed by atoms with Crippen LogP contribution < -0.4 is 9.47 Å². The summed E-state index contributed by atoms with van der Waals surface area (Å²) in [6, 6.07) is 12.6. The minimum Gasteiger partial charge on any atom is -0.419 e. The molecular weight excluding hydrogens is 308 g/mol. The molecule has 118 valence electrons. The van der Waals surface area contributed by atoms with Gasteiger partial charge >= 0.3 is 11.9 Å². The van der Waals surface area contributed by atoms with Crippen LogP contribution in [-0.4, -0.2) is 21.9 Å². The van der Waals surface area contributed by atoms with Crippen molar-refractivity contribution in [2.45, 2.75) is 0 Å². The van der Waals surface area contributed by atoms with Crippen LogP contribution in [0.5, 0.6) is 11.5 Å². The SMILES string of the molecule is O=C(Oc1ccccc1OC(=O)c1ccncc1)c1ccncc1. The van der Waals surface area contributed by atoms with E-state index in [4.69, 9.17) is 9.47 Å². The summed E-state index contributed by atoms with van der Waals surface area (Å²) in [5.74, 6) is -0.821. The number of ether oxygens (including phenoxy) is 2. The number of benzene rings is 1. The van der Waals surface area contributed by atoms with Crippen LogP contribution in [0.25, 0.3) is 0 Å². The number of carbonyl (C=O) groups is 2. The maximum atomic E-state index is 12.1. The van der Waals surface area contributed by atoms with Gasteiger partial charge in [-0.2, -0.15) is 0 Å². The average molecular weight is 320 g/mol. The zero-order valence-electron chi connectivity index (χ0n) is 12.5. The lowest BCUT2D eigenvalue weighted by atomic mass is 10.2. The van der Waals surface area contributed by atoms with Crippen molar-refractivity contribution in [2.75, 3.05) is 0 Å². The Bertz CT molecular complexity index is 779. The van der Waals surface area contributed by atoms with Crippen LogP contribution in [0.2, 0.25) is 0 Å². The van der Waals surface area contributed by atoms with E-state index < -0.39 is 11.9 Å². The molecule has 3 rings (SSSR count). The standard InChI is InChI=1S/C18H12N2O4/c21-17(13-5-9-19-10-6-13)23-15-3-1-2-4-16(15)24-18(22)14-7-11-20-12-8-14/h1-12H. The minimum atomic E-state index is -0.565. The highest BCUT2D eigenvalue weighted by Crippen LogP contribution is 2.28. The van der Waals surface area contributed by atoms with E-state index in [-0.39, 0.29) is 11.5 Å². The maximum Gasteiger partial charge on any atom is 0.343 e. The van der Waals surface area contributed by atoms with Crippen LogP contribution in [0.3, 0.4) is 0 Å². The van der Waals surface area contributed by atoms with E-state index >= 15 is 0 Å². The molecule has 0 unspecified atom stereocenters. The first kappa shape index (κ1) is 15.4. The largest absolute Gasteiger partial charge is 0.419 e. The van der Waals surface area contributed by atoms with Crippen molar-refractivity contribution in [3.05, 3.63) is 84.4 Å². The molecule has 0 aliphatic heterocycles. The van der Waals surface area contributed by atoms with E-state index in [2.05, 4.69) is 9.97 Å². The molecule has 3 aromatic rings. The second-order valence-corrected chi connectivity index (χ2v) is 4.70. The van der Waals surface area contributed by atoms with Gasteiger partial charge in [-0.25, -0.2) is 9.59 Å². The first-order valence-electron chi connectivity index (χ1n) is 7.07. The van der Waals surface area contributed by atoms with Crippen molar-refractivity contribution in [2.24, 2.45) is 0 Å². The highest BCUT2D eigenvalue weighted by molar-refractivity contribution is 5.93. The molecule has 0 bridgehead atoms. The molecule has 0 saturated carbocycles. The van der Waals surface area contributed by atoms with Gasteiger partial charge in [-0.1, -0.05) is 12.1 Å². The molecule has 6 heteroatoms. The fraction of sp³-hybridized carbons (Fsp3) is 0. The lowest BCUT2D eigenvalue weighted by Crippen LogP contribution is -2.12. The molecule has 0 aliphatic rings. The predicted octanol–water partition coefficient (Wildman–Crippen LogP) is 2.92. The second-order valence-electron chi connectivity index (χ2n) is 4.70. The number of aromatic nitrogens is 2. The monoisotopic (exact) mass is 320 g/mol.